The highest BCUT2D eigenvalue weighted by molar-refractivity contribution is 7.80. The third-order valence-electron chi connectivity index (χ3n) is 5.30. The molecule has 1 aliphatic carbocycles. The first-order chi connectivity index (χ1) is 11.6. The molecule has 1 saturated carbocycles. The van der Waals surface area contributed by atoms with Crippen molar-refractivity contribution in [2.75, 3.05) is 26.2 Å². The van der Waals surface area contributed by atoms with Gasteiger partial charge in [-0.05, 0) is 43.1 Å². The SMILES string of the molecule is CC1CCCCC1NC(=S)N1CCN(C(=O)c2ccccc2)CC1. The van der Waals surface area contributed by atoms with Crippen LogP contribution in [0.15, 0.2) is 30.3 Å². The van der Waals surface area contributed by atoms with Gasteiger partial charge in [-0.15, -0.1) is 0 Å². The number of piperazine rings is 1. The average molecular weight is 346 g/mol. The van der Waals surface area contributed by atoms with E-state index in [4.69, 9.17) is 12.2 Å². The highest BCUT2D eigenvalue weighted by Crippen LogP contribution is 2.24. The second-order valence-electron chi connectivity index (χ2n) is 6.96. The van der Waals surface area contributed by atoms with Gasteiger partial charge in [0.25, 0.3) is 5.91 Å². The summed E-state index contributed by atoms with van der Waals surface area (Å²) in [6, 6.07) is 10.0. The van der Waals surface area contributed by atoms with E-state index in [-0.39, 0.29) is 5.91 Å². The van der Waals surface area contributed by atoms with E-state index in [1.54, 1.807) is 0 Å². The lowest BCUT2D eigenvalue weighted by atomic mass is 9.86. The molecule has 1 aliphatic heterocycles. The number of benzene rings is 1. The topological polar surface area (TPSA) is 35.6 Å². The summed E-state index contributed by atoms with van der Waals surface area (Å²) >= 11 is 5.62. The Hall–Kier alpha value is -1.62. The molecule has 1 heterocycles. The van der Waals surface area contributed by atoms with Crippen LogP contribution >= 0.6 is 12.2 Å². The second-order valence-corrected chi connectivity index (χ2v) is 7.35. The quantitative estimate of drug-likeness (QED) is 0.836. The summed E-state index contributed by atoms with van der Waals surface area (Å²) in [7, 11) is 0. The zero-order chi connectivity index (χ0) is 16.9. The molecule has 2 unspecified atom stereocenters. The lowest BCUT2D eigenvalue weighted by Crippen LogP contribution is -2.55. The van der Waals surface area contributed by atoms with Gasteiger partial charge in [0.2, 0.25) is 0 Å². The Balaban J connectivity index is 1.49. The van der Waals surface area contributed by atoms with Gasteiger partial charge in [-0.2, -0.15) is 0 Å². The minimum absolute atomic E-state index is 0.120. The van der Waals surface area contributed by atoms with E-state index in [2.05, 4.69) is 17.1 Å². The maximum atomic E-state index is 12.5. The summed E-state index contributed by atoms with van der Waals surface area (Å²) in [4.78, 5) is 16.6. The van der Waals surface area contributed by atoms with Crippen LogP contribution in [-0.4, -0.2) is 53.0 Å². The van der Waals surface area contributed by atoms with Crippen molar-refractivity contribution in [1.82, 2.24) is 15.1 Å². The van der Waals surface area contributed by atoms with E-state index >= 15 is 0 Å². The lowest BCUT2D eigenvalue weighted by molar-refractivity contribution is 0.0690. The maximum absolute atomic E-state index is 12.5. The van der Waals surface area contributed by atoms with Crippen LogP contribution < -0.4 is 5.32 Å². The Labute approximate surface area is 150 Å². The number of hydrogen-bond donors (Lipinski definition) is 1. The van der Waals surface area contributed by atoms with Gasteiger partial charge in [-0.25, -0.2) is 0 Å². The zero-order valence-electron chi connectivity index (χ0n) is 14.4. The van der Waals surface area contributed by atoms with Crippen molar-refractivity contribution in [2.24, 2.45) is 5.92 Å². The normalized spacial score (nSPS) is 24.5. The summed E-state index contributed by atoms with van der Waals surface area (Å²) < 4.78 is 0. The highest BCUT2D eigenvalue weighted by Gasteiger charge is 2.26. The van der Waals surface area contributed by atoms with E-state index in [1.807, 2.05) is 35.2 Å². The van der Waals surface area contributed by atoms with Crippen molar-refractivity contribution < 1.29 is 4.79 Å². The van der Waals surface area contributed by atoms with E-state index in [1.165, 1.54) is 25.7 Å². The van der Waals surface area contributed by atoms with Crippen molar-refractivity contribution in [3.63, 3.8) is 0 Å². The second kappa shape index (κ2) is 7.97. The molecule has 0 bridgehead atoms. The third kappa shape index (κ3) is 4.07. The van der Waals surface area contributed by atoms with Crippen molar-refractivity contribution >= 4 is 23.2 Å². The number of carbonyl (C=O) groups is 1. The molecular formula is C19H27N3OS. The van der Waals surface area contributed by atoms with E-state index in [9.17, 15) is 4.79 Å². The monoisotopic (exact) mass is 345 g/mol. The van der Waals surface area contributed by atoms with Gasteiger partial charge in [0.05, 0.1) is 0 Å². The molecule has 1 aromatic rings. The Bertz CT molecular complexity index is 569. The maximum Gasteiger partial charge on any atom is 0.253 e. The number of hydrogen-bond acceptors (Lipinski definition) is 2. The number of nitrogens with zero attached hydrogens (tertiary/aromatic N) is 2. The Kier molecular flexibility index (Phi) is 5.72. The molecule has 1 saturated heterocycles. The highest BCUT2D eigenvalue weighted by atomic mass is 32.1. The van der Waals surface area contributed by atoms with E-state index < -0.39 is 0 Å². The molecule has 0 aromatic heterocycles. The van der Waals surface area contributed by atoms with Crippen LogP contribution in [0.2, 0.25) is 0 Å². The third-order valence-corrected chi connectivity index (χ3v) is 5.67. The fourth-order valence-corrected chi connectivity index (χ4v) is 3.99. The molecule has 1 aromatic carbocycles. The van der Waals surface area contributed by atoms with Crippen LogP contribution in [0.1, 0.15) is 43.0 Å². The fourth-order valence-electron chi connectivity index (χ4n) is 3.66. The molecule has 1 N–H and O–H groups in total. The number of nitrogens with one attached hydrogen (secondary N) is 1. The summed E-state index contributed by atoms with van der Waals surface area (Å²) in [5.41, 5.74) is 0.766. The molecule has 3 rings (SSSR count). The van der Waals surface area contributed by atoms with Crippen LogP contribution in [0.3, 0.4) is 0 Å². The molecular weight excluding hydrogens is 318 g/mol. The predicted octanol–water partition coefficient (Wildman–Crippen LogP) is 2.90. The van der Waals surface area contributed by atoms with E-state index in [0.29, 0.717) is 12.0 Å². The lowest BCUT2D eigenvalue weighted by Gasteiger charge is -2.38. The van der Waals surface area contributed by atoms with Gasteiger partial charge in [0, 0.05) is 37.8 Å². The van der Waals surface area contributed by atoms with Gasteiger partial charge in [-0.3, -0.25) is 4.79 Å². The zero-order valence-corrected chi connectivity index (χ0v) is 15.2. The van der Waals surface area contributed by atoms with Crippen LogP contribution in [0.4, 0.5) is 0 Å². The van der Waals surface area contributed by atoms with Crippen molar-refractivity contribution in [1.29, 1.82) is 0 Å². The van der Waals surface area contributed by atoms with Gasteiger partial charge in [0.15, 0.2) is 5.11 Å². The first-order valence-electron chi connectivity index (χ1n) is 9.05. The van der Waals surface area contributed by atoms with Crippen LogP contribution in [0.5, 0.6) is 0 Å². The van der Waals surface area contributed by atoms with E-state index in [0.717, 1.165) is 36.9 Å². The minimum Gasteiger partial charge on any atom is -0.360 e. The van der Waals surface area contributed by atoms with Gasteiger partial charge in [-0.1, -0.05) is 38.0 Å². The van der Waals surface area contributed by atoms with Crippen molar-refractivity contribution in [2.45, 2.75) is 38.6 Å². The largest absolute Gasteiger partial charge is 0.360 e. The molecule has 0 spiro atoms. The molecule has 130 valence electrons. The molecule has 24 heavy (non-hydrogen) atoms. The van der Waals surface area contributed by atoms with Crippen molar-refractivity contribution in [3.05, 3.63) is 35.9 Å². The first-order valence-corrected chi connectivity index (χ1v) is 9.46. The molecule has 1 amide bonds. The van der Waals surface area contributed by atoms with Gasteiger partial charge >= 0.3 is 0 Å². The smallest absolute Gasteiger partial charge is 0.253 e. The number of thiocarbonyl (C=S) groups is 1. The average Bonchev–Trinajstić information content (AvgIpc) is 2.64. The Morgan fingerprint density at radius 2 is 1.67 bits per heavy atom. The van der Waals surface area contributed by atoms with Crippen molar-refractivity contribution in [3.8, 4) is 0 Å². The molecule has 2 atom stereocenters. The van der Waals surface area contributed by atoms with Crippen LogP contribution in [0.25, 0.3) is 0 Å². The number of amides is 1. The number of carbonyl (C=O) groups excluding carboxylic acids is 1. The molecule has 2 aliphatic rings. The minimum atomic E-state index is 0.120. The molecule has 2 fully saturated rings. The Morgan fingerprint density at radius 3 is 2.33 bits per heavy atom. The van der Waals surface area contributed by atoms with Gasteiger partial charge in [0.1, 0.15) is 0 Å². The van der Waals surface area contributed by atoms with Crippen LogP contribution in [0, 0.1) is 5.92 Å². The standard InChI is InChI=1S/C19H27N3OS/c1-15-7-5-6-10-17(15)20-19(24)22-13-11-21(12-14-22)18(23)16-8-3-2-4-9-16/h2-4,8-9,15,17H,5-7,10-14H2,1H3,(H,20,24). The van der Waals surface area contributed by atoms with Gasteiger partial charge < -0.3 is 15.1 Å². The first kappa shape index (κ1) is 17.2. The fraction of sp³-hybridized carbons (Fsp3) is 0.579. The Morgan fingerprint density at radius 1 is 1.04 bits per heavy atom. The van der Waals surface area contributed by atoms with Crippen LogP contribution in [-0.2, 0) is 0 Å². The summed E-state index contributed by atoms with van der Waals surface area (Å²) in [5.74, 6) is 0.813. The number of rotatable bonds is 2. The summed E-state index contributed by atoms with van der Waals surface area (Å²) in [6.45, 7) is 5.40. The molecule has 5 heteroatoms. The molecule has 4 nitrogen and oxygen atoms in total. The summed E-state index contributed by atoms with van der Waals surface area (Å²) in [5, 5.41) is 4.43. The summed E-state index contributed by atoms with van der Waals surface area (Å²) in [6.07, 6.45) is 5.14. The molecule has 0 radical (unpaired) electrons. The predicted molar refractivity (Wildman–Crippen MR) is 101 cm³/mol.